The third-order valence-corrected chi connectivity index (χ3v) is 3.37. The summed E-state index contributed by atoms with van der Waals surface area (Å²) in [5.74, 6) is 0.336. The Morgan fingerprint density at radius 2 is 1.52 bits per heavy atom. The first kappa shape index (κ1) is 20.2. The van der Waals surface area contributed by atoms with Crippen LogP contribution < -0.4 is 24.3 Å². The summed E-state index contributed by atoms with van der Waals surface area (Å²) >= 11 is 0. The van der Waals surface area contributed by atoms with Crippen LogP contribution >= 0.6 is 0 Å². The van der Waals surface area contributed by atoms with Gasteiger partial charge in [-0.25, -0.2) is 0 Å². The average molecular weight is 385 g/mol. The third kappa shape index (κ3) is 5.98. The van der Waals surface area contributed by atoms with Crippen LogP contribution in [0.1, 0.15) is 10.4 Å². The average Bonchev–Trinajstić information content (AvgIpc) is 2.64. The number of hydrogen-bond donors (Lipinski definition) is 1. The van der Waals surface area contributed by atoms with Crippen LogP contribution in [0.4, 0.5) is 13.2 Å². The number of nitrogens with one attached hydrogen (secondary N) is 1. The largest absolute Gasteiger partial charge is 0.573 e. The molecular formula is C18H18F3NO5. The molecule has 0 aliphatic rings. The first-order valence-electron chi connectivity index (χ1n) is 7.82. The van der Waals surface area contributed by atoms with E-state index >= 15 is 0 Å². The zero-order valence-electron chi connectivity index (χ0n) is 14.6. The maximum Gasteiger partial charge on any atom is 0.573 e. The third-order valence-electron chi connectivity index (χ3n) is 3.37. The lowest BCUT2D eigenvalue weighted by atomic mass is 10.1. The molecule has 0 aromatic heterocycles. The number of rotatable bonds is 8. The van der Waals surface area contributed by atoms with Gasteiger partial charge < -0.3 is 24.3 Å². The molecule has 0 atom stereocenters. The summed E-state index contributed by atoms with van der Waals surface area (Å²) in [6.45, 7) is 0.281. The summed E-state index contributed by atoms with van der Waals surface area (Å²) in [7, 11) is 2.89. The molecule has 0 aliphatic heterocycles. The van der Waals surface area contributed by atoms with Gasteiger partial charge in [-0.15, -0.1) is 13.2 Å². The van der Waals surface area contributed by atoms with Gasteiger partial charge in [0, 0.05) is 0 Å². The first-order valence-corrected chi connectivity index (χ1v) is 7.82. The normalized spacial score (nSPS) is 10.9. The Morgan fingerprint density at radius 3 is 2.04 bits per heavy atom. The van der Waals surface area contributed by atoms with Crippen molar-refractivity contribution in [1.82, 2.24) is 5.32 Å². The van der Waals surface area contributed by atoms with Crippen molar-refractivity contribution >= 4 is 5.91 Å². The maximum absolute atomic E-state index is 12.3. The van der Waals surface area contributed by atoms with Crippen LogP contribution in [0.5, 0.6) is 23.0 Å². The number of hydrogen-bond acceptors (Lipinski definition) is 5. The SMILES string of the molecule is COc1cccc(OC)c1C(=O)NCCOc1ccc(OC(F)(F)F)cc1. The van der Waals surface area contributed by atoms with E-state index in [2.05, 4.69) is 10.1 Å². The summed E-state index contributed by atoms with van der Waals surface area (Å²) < 4.78 is 55.8. The molecule has 0 heterocycles. The summed E-state index contributed by atoms with van der Waals surface area (Å²) in [5.41, 5.74) is 0.260. The molecule has 1 N–H and O–H groups in total. The van der Waals surface area contributed by atoms with Crippen LogP contribution in [0, 0.1) is 0 Å². The highest BCUT2D eigenvalue weighted by Gasteiger charge is 2.30. The lowest BCUT2D eigenvalue weighted by molar-refractivity contribution is -0.274. The summed E-state index contributed by atoms with van der Waals surface area (Å²) in [5, 5.41) is 2.66. The van der Waals surface area contributed by atoms with E-state index in [1.54, 1.807) is 18.2 Å². The molecule has 0 radical (unpaired) electrons. The molecule has 2 aromatic rings. The van der Waals surface area contributed by atoms with E-state index in [0.29, 0.717) is 17.2 Å². The second kappa shape index (κ2) is 9.02. The van der Waals surface area contributed by atoms with Crippen LogP contribution in [-0.2, 0) is 0 Å². The fourth-order valence-electron chi connectivity index (χ4n) is 2.23. The fourth-order valence-corrected chi connectivity index (χ4v) is 2.23. The second-order valence-electron chi connectivity index (χ2n) is 5.16. The van der Waals surface area contributed by atoms with Crippen LogP contribution in [0.15, 0.2) is 42.5 Å². The van der Waals surface area contributed by atoms with E-state index < -0.39 is 12.3 Å². The van der Waals surface area contributed by atoms with Gasteiger partial charge >= 0.3 is 6.36 Å². The first-order chi connectivity index (χ1) is 12.8. The molecule has 9 heteroatoms. The number of halogens is 3. The molecule has 1 amide bonds. The van der Waals surface area contributed by atoms with Gasteiger partial charge in [-0.05, 0) is 36.4 Å². The Labute approximate surface area is 153 Å². The van der Waals surface area contributed by atoms with Crippen molar-refractivity contribution in [3.63, 3.8) is 0 Å². The fraction of sp³-hybridized carbons (Fsp3) is 0.278. The number of carbonyl (C=O) groups excluding carboxylic acids is 1. The Morgan fingerprint density at radius 1 is 0.963 bits per heavy atom. The predicted molar refractivity (Wildman–Crippen MR) is 90.5 cm³/mol. The minimum absolute atomic E-state index is 0.114. The molecule has 27 heavy (non-hydrogen) atoms. The van der Waals surface area contributed by atoms with E-state index in [1.807, 2.05) is 0 Å². The number of benzene rings is 2. The molecule has 0 unspecified atom stereocenters. The Bertz CT molecular complexity index is 740. The van der Waals surface area contributed by atoms with E-state index in [1.165, 1.54) is 26.4 Å². The van der Waals surface area contributed by atoms with E-state index in [4.69, 9.17) is 14.2 Å². The van der Waals surface area contributed by atoms with Gasteiger partial charge in [0.1, 0.15) is 35.2 Å². The van der Waals surface area contributed by atoms with Crippen LogP contribution in [0.3, 0.4) is 0 Å². The Kier molecular flexibility index (Phi) is 6.75. The zero-order chi connectivity index (χ0) is 19.9. The van der Waals surface area contributed by atoms with E-state index in [9.17, 15) is 18.0 Å². The maximum atomic E-state index is 12.3. The van der Waals surface area contributed by atoms with Gasteiger partial charge in [0.25, 0.3) is 5.91 Å². The van der Waals surface area contributed by atoms with Crippen molar-refractivity contribution in [3.05, 3.63) is 48.0 Å². The molecule has 0 fully saturated rings. The van der Waals surface area contributed by atoms with Gasteiger partial charge in [0.15, 0.2) is 0 Å². The van der Waals surface area contributed by atoms with Crippen LogP contribution in [-0.4, -0.2) is 39.6 Å². The highest BCUT2D eigenvalue weighted by molar-refractivity contribution is 5.99. The van der Waals surface area contributed by atoms with Crippen molar-refractivity contribution in [2.75, 3.05) is 27.4 Å². The van der Waals surface area contributed by atoms with Crippen molar-refractivity contribution in [1.29, 1.82) is 0 Å². The van der Waals surface area contributed by atoms with E-state index in [-0.39, 0.29) is 24.5 Å². The number of carbonyl (C=O) groups is 1. The molecular weight excluding hydrogens is 367 g/mol. The highest BCUT2D eigenvalue weighted by atomic mass is 19.4. The molecule has 0 spiro atoms. The molecule has 2 aromatic carbocycles. The number of amides is 1. The minimum Gasteiger partial charge on any atom is -0.496 e. The predicted octanol–water partition coefficient (Wildman–Crippen LogP) is 3.41. The van der Waals surface area contributed by atoms with Gasteiger partial charge in [-0.1, -0.05) is 6.07 Å². The summed E-state index contributed by atoms with van der Waals surface area (Å²) in [6, 6.07) is 9.93. The van der Waals surface area contributed by atoms with Crippen molar-refractivity contribution in [2.24, 2.45) is 0 Å². The summed E-state index contributed by atoms with van der Waals surface area (Å²) in [4.78, 5) is 12.3. The van der Waals surface area contributed by atoms with Crippen LogP contribution in [0.25, 0.3) is 0 Å². The molecule has 2 rings (SSSR count). The van der Waals surface area contributed by atoms with Crippen molar-refractivity contribution < 1.29 is 36.9 Å². The highest BCUT2D eigenvalue weighted by Crippen LogP contribution is 2.28. The second-order valence-corrected chi connectivity index (χ2v) is 5.16. The number of alkyl halides is 3. The monoisotopic (exact) mass is 385 g/mol. The Balaban J connectivity index is 1.86. The molecule has 0 saturated carbocycles. The van der Waals surface area contributed by atoms with Crippen molar-refractivity contribution in [3.8, 4) is 23.0 Å². The zero-order valence-corrected chi connectivity index (χ0v) is 14.6. The van der Waals surface area contributed by atoms with Gasteiger partial charge in [-0.3, -0.25) is 4.79 Å². The molecule has 0 saturated heterocycles. The van der Waals surface area contributed by atoms with Gasteiger partial charge in [0.05, 0.1) is 20.8 Å². The Hall–Kier alpha value is -3.10. The molecule has 0 bridgehead atoms. The van der Waals surface area contributed by atoms with Gasteiger partial charge in [0.2, 0.25) is 0 Å². The molecule has 0 aliphatic carbocycles. The lowest BCUT2D eigenvalue weighted by Gasteiger charge is -2.13. The quantitative estimate of drug-likeness (QED) is 0.706. The summed E-state index contributed by atoms with van der Waals surface area (Å²) in [6.07, 6.45) is -4.74. The molecule has 6 nitrogen and oxygen atoms in total. The van der Waals surface area contributed by atoms with E-state index in [0.717, 1.165) is 12.1 Å². The van der Waals surface area contributed by atoms with Crippen LogP contribution in [0.2, 0.25) is 0 Å². The standard InChI is InChI=1S/C18H18F3NO5/c1-24-14-4-3-5-15(25-2)16(14)17(23)22-10-11-26-12-6-8-13(9-7-12)27-18(19,20)21/h3-9H,10-11H2,1-2H3,(H,22,23). The smallest absolute Gasteiger partial charge is 0.496 e. The number of methoxy groups -OCH3 is 2. The number of ether oxygens (including phenoxy) is 4. The lowest BCUT2D eigenvalue weighted by Crippen LogP contribution is -2.28. The topological polar surface area (TPSA) is 66.0 Å². The van der Waals surface area contributed by atoms with Gasteiger partial charge in [-0.2, -0.15) is 0 Å². The minimum atomic E-state index is -4.74. The van der Waals surface area contributed by atoms with Crippen molar-refractivity contribution in [2.45, 2.75) is 6.36 Å². The molecule has 146 valence electrons.